The van der Waals surface area contributed by atoms with Crippen LogP contribution in [0.5, 0.6) is 11.5 Å². The van der Waals surface area contributed by atoms with Crippen LogP contribution in [0.1, 0.15) is 28.4 Å². The Balaban J connectivity index is 1.49. The monoisotopic (exact) mass is 585 g/mol. The lowest BCUT2D eigenvalue weighted by molar-refractivity contribution is 0.0955. The Kier molecular flexibility index (Phi) is 8.70. The molecule has 1 amide bonds. The maximum atomic E-state index is 12.8. The molecule has 0 aliphatic carbocycles. The van der Waals surface area contributed by atoms with E-state index in [4.69, 9.17) is 32.7 Å². The van der Waals surface area contributed by atoms with Gasteiger partial charge in [-0.15, -0.1) is 0 Å². The minimum Gasteiger partial charge on any atom is -0.490 e. The van der Waals surface area contributed by atoms with E-state index in [0.29, 0.717) is 43.8 Å². The van der Waals surface area contributed by atoms with Gasteiger partial charge in [0.1, 0.15) is 6.61 Å². The number of hydrazone groups is 1. The fourth-order valence-electron chi connectivity index (χ4n) is 3.47. The Morgan fingerprint density at radius 1 is 1.06 bits per heavy atom. The van der Waals surface area contributed by atoms with E-state index in [1.165, 1.54) is 0 Å². The van der Waals surface area contributed by atoms with Crippen molar-refractivity contribution in [2.75, 3.05) is 6.61 Å². The first-order valence-electron chi connectivity index (χ1n) is 11.0. The average Bonchev–Trinajstić information content (AvgIpc) is 3.40. The summed E-state index contributed by atoms with van der Waals surface area (Å²) in [7, 11) is 0. The number of amides is 1. The zero-order chi connectivity index (χ0) is 25.5. The van der Waals surface area contributed by atoms with E-state index < -0.39 is 0 Å². The molecule has 1 heterocycles. The number of rotatable bonds is 9. The minimum atomic E-state index is -0.320. The second-order valence-electron chi connectivity index (χ2n) is 7.59. The highest BCUT2D eigenvalue weighted by molar-refractivity contribution is 9.10. The zero-order valence-corrected chi connectivity index (χ0v) is 22.3. The van der Waals surface area contributed by atoms with E-state index in [-0.39, 0.29) is 12.5 Å². The maximum absolute atomic E-state index is 12.8. The van der Waals surface area contributed by atoms with Gasteiger partial charge in [-0.3, -0.25) is 4.79 Å². The number of benzene rings is 3. The van der Waals surface area contributed by atoms with Crippen molar-refractivity contribution in [1.29, 1.82) is 0 Å². The van der Waals surface area contributed by atoms with E-state index in [2.05, 4.69) is 26.5 Å². The number of carbonyl (C=O) groups is 1. The molecule has 0 aliphatic rings. The summed E-state index contributed by atoms with van der Waals surface area (Å²) in [4.78, 5) is 12.8. The Bertz CT molecular complexity index is 1390. The van der Waals surface area contributed by atoms with Crippen molar-refractivity contribution in [2.24, 2.45) is 5.10 Å². The van der Waals surface area contributed by atoms with Crippen molar-refractivity contribution in [3.63, 3.8) is 0 Å². The van der Waals surface area contributed by atoms with Crippen LogP contribution >= 0.6 is 39.1 Å². The van der Waals surface area contributed by atoms with Gasteiger partial charge in [0.15, 0.2) is 11.5 Å². The van der Waals surface area contributed by atoms with Gasteiger partial charge in [0.25, 0.3) is 5.91 Å². The van der Waals surface area contributed by atoms with Gasteiger partial charge in [0, 0.05) is 28.0 Å². The molecule has 0 spiro atoms. The number of para-hydroxylation sites is 1. The first-order valence-corrected chi connectivity index (χ1v) is 12.6. The normalized spacial score (nSPS) is 11.0. The van der Waals surface area contributed by atoms with Crippen LogP contribution in [0.3, 0.4) is 0 Å². The Labute approximate surface area is 227 Å². The van der Waals surface area contributed by atoms with Crippen molar-refractivity contribution >= 4 is 51.3 Å². The van der Waals surface area contributed by atoms with Crippen molar-refractivity contribution < 1.29 is 14.3 Å². The second-order valence-corrected chi connectivity index (χ2v) is 9.29. The molecule has 0 radical (unpaired) electrons. The molecule has 9 heteroatoms. The molecule has 4 aromatic rings. The first-order chi connectivity index (χ1) is 17.5. The van der Waals surface area contributed by atoms with Crippen LogP contribution in [0.2, 0.25) is 10.0 Å². The molecule has 184 valence electrons. The van der Waals surface area contributed by atoms with E-state index in [1.54, 1.807) is 30.5 Å². The standard InChI is InChI=1S/C27H22BrCl2N3O3/c1-2-35-25-14-18(13-22(28)26(25)36-17-19-9-10-20(29)15-23(19)30)16-31-32-27(34)21-7-3-4-8-24(21)33-11-5-6-12-33/h3-16H,2,17H2,1H3,(H,32,34)/b31-16+. The summed E-state index contributed by atoms with van der Waals surface area (Å²) in [6.07, 6.45) is 5.31. The fraction of sp³-hybridized carbons (Fsp3) is 0.111. The number of halogens is 3. The van der Waals surface area contributed by atoms with E-state index in [9.17, 15) is 4.79 Å². The van der Waals surface area contributed by atoms with Gasteiger partial charge in [0.05, 0.1) is 28.5 Å². The van der Waals surface area contributed by atoms with E-state index in [0.717, 1.165) is 11.3 Å². The number of hydrogen-bond acceptors (Lipinski definition) is 4. The summed E-state index contributed by atoms with van der Waals surface area (Å²) in [6.45, 7) is 2.56. The highest BCUT2D eigenvalue weighted by atomic mass is 79.9. The van der Waals surface area contributed by atoms with Crippen LogP contribution < -0.4 is 14.9 Å². The second kappa shape index (κ2) is 12.1. The summed E-state index contributed by atoms with van der Waals surface area (Å²) in [5.41, 5.74) is 5.37. The number of carbonyl (C=O) groups excluding carboxylic acids is 1. The largest absolute Gasteiger partial charge is 0.490 e. The van der Waals surface area contributed by atoms with Crippen molar-refractivity contribution in [3.05, 3.63) is 110 Å². The molecular weight excluding hydrogens is 565 g/mol. The van der Waals surface area contributed by atoms with Gasteiger partial charge >= 0.3 is 0 Å². The molecule has 3 aromatic carbocycles. The number of ether oxygens (including phenoxy) is 2. The Morgan fingerprint density at radius 3 is 2.58 bits per heavy atom. The van der Waals surface area contributed by atoms with Gasteiger partial charge in [-0.05, 0) is 76.9 Å². The van der Waals surface area contributed by atoms with Crippen LogP contribution in [0.25, 0.3) is 5.69 Å². The summed E-state index contributed by atoms with van der Waals surface area (Å²) in [5, 5.41) is 5.23. The number of hydrogen-bond donors (Lipinski definition) is 1. The third-order valence-corrected chi connectivity index (χ3v) is 6.31. The van der Waals surface area contributed by atoms with Crippen LogP contribution in [0.4, 0.5) is 0 Å². The molecule has 1 N–H and O–H groups in total. The summed E-state index contributed by atoms with van der Waals surface area (Å²) in [5.74, 6) is 0.742. The average molecular weight is 587 g/mol. The van der Waals surface area contributed by atoms with Crippen molar-refractivity contribution in [1.82, 2.24) is 9.99 Å². The zero-order valence-electron chi connectivity index (χ0n) is 19.3. The quantitative estimate of drug-likeness (QED) is 0.165. The molecule has 0 aliphatic heterocycles. The molecule has 4 rings (SSSR count). The minimum absolute atomic E-state index is 0.235. The maximum Gasteiger partial charge on any atom is 0.273 e. The highest BCUT2D eigenvalue weighted by Gasteiger charge is 2.14. The van der Waals surface area contributed by atoms with Crippen molar-refractivity contribution in [2.45, 2.75) is 13.5 Å². The predicted octanol–water partition coefficient (Wildman–Crippen LogP) is 7.29. The van der Waals surface area contributed by atoms with Crippen LogP contribution in [0, 0.1) is 0 Å². The molecule has 0 saturated heterocycles. The molecule has 1 aromatic heterocycles. The lowest BCUT2D eigenvalue weighted by Gasteiger charge is -2.15. The first kappa shape index (κ1) is 25.8. The van der Waals surface area contributed by atoms with Gasteiger partial charge in [0.2, 0.25) is 0 Å². The van der Waals surface area contributed by atoms with Gasteiger partial charge in [-0.1, -0.05) is 41.4 Å². The summed E-state index contributed by atoms with van der Waals surface area (Å²) >= 11 is 15.8. The lowest BCUT2D eigenvalue weighted by atomic mass is 10.1. The van der Waals surface area contributed by atoms with Gasteiger partial charge in [-0.2, -0.15) is 5.10 Å². The molecule has 0 atom stereocenters. The molecule has 0 unspecified atom stereocenters. The number of nitrogens with zero attached hydrogens (tertiary/aromatic N) is 2. The molecule has 0 fully saturated rings. The van der Waals surface area contributed by atoms with Gasteiger partial charge < -0.3 is 14.0 Å². The molecule has 0 bridgehead atoms. The predicted molar refractivity (Wildman–Crippen MR) is 147 cm³/mol. The molecule has 0 saturated carbocycles. The molecule has 36 heavy (non-hydrogen) atoms. The van der Waals surface area contributed by atoms with E-state index in [1.807, 2.05) is 66.3 Å². The van der Waals surface area contributed by atoms with Crippen LogP contribution in [0.15, 0.2) is 88.7 Å². The number of aromatic nitrogens is 1. The third-order valence-electron chi connectivity index (χ3n) is 5.13. The van der Waals surface area contributed by atoms with E-state index >= 15 is 0 Å². The fourth-order valence-corrected chi connectivity index (χ4v) is 4.50. The SMILES string of the molecule is CCOc1cc(/C=N/NC(=O)c2ccccc2-n2cccc2)cc(Br)c1OCc1ccc(Cl)cc1Cl. The number of nitrogens with one attached hydrogen (secondary N) is 1. The lowest BCUT2D eigenvalue weighted by Crippen LogP contribution is -2.19. The highest BCUT2D eigenvalue weighted by Crippen LogP contribution is 2.37. The summed E-state index contributed by atoms with van der Waals surface area (Å²) < 4.78 is 14.4. The van der Waals surface area contributed by atoms with Gasteiger partial charge in [-0.25, -0.2) is 5.43 Å². The van der Waals surface area contributed by atoms with Crippen LogP contribution in [-0.2, 0) is 6.61 Å². The smallest absolute Gasteiger partial charge is 0.273 e. The molecule has 6 nitrogen and oxygen atoms in total. The Morgan fingerprint density at radius 2 is 1.83 bits per heavy atom. The third kappa shape index (κ3) is 6.29. The Hall–Kier alpha value is -3.26. The van der Waals surface area contributed by atoms with Crippen molar-refractivity contribution in [3.8, 4) is 17.2 Å². The molecular formula is C27H22BrCl2N3O3. The topological polar surface area (TPSA) is 64.8 Å². The summed E-state index contributed by atoms with van der Waals surface area (Å²) in [6, 6.07) is 20.0. The van der Waals surface area contributed by atoms with Crippen LogP contribution in [-0.4, -0.2) is 23.3 Å².